The number of nitrogens with one attached hydrogen (secondary N) is 3. The van der Waals surface area contributed by atoms with Gasteiger partial charge in [0.1, 0.15) is 11.4 Å². The van der Waals surface area contributed by atoms with Gasteiger partial charge in [-0.25, -0.2) is 0 Å². The molecule has 7 nitrogen and oxygen atoms in total. The Morgan fingerprint density at radius 1 is 1.30 bits per heavy atom. The van der Waals surface area contributed by atoms with Gasteiger partial charge in [0.2, 0.25) is 0 Å². The van der Waals surface area contributed by atoms with Crippen molar-refractivity contribution in [3.8, 4) is 16.9 Å². The molecule has 0 aliphatic carbocycles. The van der Waals surface area contributed by atoms with Crippen molar-refractivity contribution in [1.82, 2.24) is 20.4 Å². The van der Waals surface area contributed by atoms with Crippen molar-refractivity contribution >= 4 is 23.3 Å². The zero-order valence-electron chi connectivity index (χ0n) is 12.5. The van der Waals surface area contributed by atoms with Gasteiger partial charge in [-0.2, -0.15) is 10.2 Å². The Labute approximate surface area is 137 Å². The van der Waals surface area contributed by atoms with Gasteiger partial charge in [0.05, 0.1) is 23.9 Å². The van der Waals surface area contributed by atoms with E-state index in [9.17, 15) is 4.79 Å². The lowest BCUT2D eigenvalue weighted by molar-refractivity contribution is 0.102. The van der Waals surface area contributed by atoms with Gasteiger partial charge in [-0.05, 0) is 13.0 Å². The molecular weight excluding hydrogens is 318 g/mol. The monoisotopic (exact) mass is 331 g/mol. The summed E-state index contributed by atoms with van der Waals surface area (Å²) in [4.78, 5) is 12.3. The number of anilines is 1. The van der Waals surface area contributed by atoms with Crippen LogP contribution in [-0.4, -0.2) is 33.4 Å². The van der Waals surface area contributed by atoms with Crippen LogP contribution < -0.4 is 10.1 Å². The van der Waals surface area contributed by atoms with Crippen molar-refractivity contribution in [2.45, 2.75) is 6.92 Å². The minimum atomic E-state index is -0.421. The summed E-state index contributed by atoms with van der Waals surface area (Å²) in [5.74, 6) is 0.657. The maximum absolute atomic E-state index is 12.3. The van der Waals surface area contributed by atoms with Crippen LogP contribution in [0.1, 0.15) is 16.2 Å². The number of aromatic nitrogens is 4. The van der Waals surface area contributed by atoms with E-state index in [-0.39, 0.29) is 10.7 Å². The normalized spacial score (nSPS) is 10.6. The van der Waals surface area contributed by atoms with E-state index in [1.807, 2.05) is 31.2 Å². The molecule has 23 heavy (non-hydrogen) atoms. The third-order valence-electron chi connectivity index (χ3n) is 3.38. The Kier molecular flexibility index (Phi) is 4.03. The molecule has 3 rings (SSSR count). The van der Waals surface area contributed by atoms with Crippen LogP contribution in [0.4, 0.5) is 5.82 Å². The fourth-order valence-electron chi connectivity index (χ4n) is 2.30. The molecule has 0 radical (unpaired) electrons. The Hall–Kier alpha value is -2.80. The molecule has 2 aromatic heterocycles. The highest BCUT2D eigenvalue weighted by Crippen LogP contribution is 2.36. The van der Waals surface area contributed by atoms with Crippen LogP contribution in [0.5, 0.6) is 5.75 Å². The summed E-state index contributed by atoms with van der Waals surface area (Å²) in [7, 11) is 1.59. The van der Waals surface area contributed by atoms with E-state index >= 15 is 0 Å². The van der Waals surface area contributed by atoms with Gasteiger partial charge in [-0.3, -0.25) is 15.0 Å². The molecular formula is C15H14ClN5O2. The van der Waals surface area contributed by atoms with E-state index in [4.69, 9.17) is 16.3 Å². The lowest BCUT2D eigenvalue weighted by atomic mass is 10.0. The molecule has 1 amide bonds. The summed E-state index contributed by atoms with van der Waals surface area (Å²) in [6.45, 7) is 1.87. The maximum atomic E-state index is 12.3. The second-order valence-corrected chi connectivity index (χ2v) is 5.23. The van der Waals surface area contributed by atoms with E-state index in [2.05, 4.69) is 25.7 Å². The van der Waals surface area contributed by atoms with Crippen LogP contribution in [0, 0.1) is 6.92 Å². The molecule has 8 heteroatoms. The summed E-state index contributed by atoms with van der Waals surface area (Å²) in [6.07, 6.45) is 1.37. The number of nitrogens with zero attached hydrogens (tertiary/aromatic N) is 2. The lowest BCUT2D eigenvalue weighted by Crippen LogP contribution is -2.14. The largest absolute Gasteiger partial charge is 0.496 e. The fraction of sp³-hybridized carbons (Fsp3) is 0.133. The third-order valence-corrected chi connectivity index (χ3v) is 3.66. The average molecular weight is 332 g/mol. The number of H-pyrrole nitrogens is 2. The molecule has 1 aromatic carbocycles. The van der Waals surface area contributed by atoms with Crippen LogP contribution in [0.15, 0.2) is 30.5 Å². The molecule has 0 saturated carbocycles. The van der Waals surface area contributed by atoms with Crippen LogP contribution in [0.3, 0.4) is 0 Å². The number of para-hydroxylation sites is 1. The number of benzene rings is 1. The van der Waals surface area contributed by atoms with Crippen molar-refractivity contribution in [3.05, 3.63) is 46.9 Å². The zero-order chi connectivity index (χ0) is 16.4. The van der Waals surface area contributed by atoms with Gasteiger partial charge in [-0.15, -0.1) is 0 Å². The Morgan fingerprint density at radius 2 is 2.09 bits per heavy atom. The predicted molar refractivity (Wildman–Crippen MR) is 86.9 cm³/mol. The van der Waals surface area contributed by atoms with Gasteiger partial charge in [0.15, 0.2) is 5.82 Å². The molecule has 0 bridgehead atoms. The van der Waals surface area contributed by atoms with Crippen molar-refractivity contribution in [1.29, 1.82) is 0 Å². The van der Waals surface area contributed by atoms with Crippen molar-refractivity contribution in [3.63, 3.8) is 0 Å². The average Bonchev–Trinajstić information content (AvgIpc) is 3.13. The highest BCUT2D eigenvalue weighted by atomic mass is 35.5. The number of rotatable bonds is 4. The van der Waals surface area contributed by atoms with Crippen molar-refractivity contribution < 1.29 is 9.53 Å². The van der Waals surface area contributed by atoms with Crippen LogP contribution in [0.25, 0.3) is 11.1 Å². The minimum absolute atomic E-state index is 0.179. The van der Waals surface area contributed by atoms with E-state index < -0.39 is 5.91 Å². The molecule has 0 saturated heterocycles. The molecule has 0 unspecified atom stereocenters. The van der Waals surface area contributed by atoms with Gasteiger partial charge in [0.25, 0.3) is 5.91 Å². The number of carbonyl (C=O) groups excluding carboxylic acids is 1. The summed E-state index contributed by atoms with van der Waals surface area (Å²) in [5.41, 5.74) is 2.57. The van der Waals surface area contributed by atoms with E-state index in [0.29, 0.717) is 11.6 Å². The number of aryl methyl sites for hydroxylation is 1. The van der Waals surface area contributed by atoms with Crippen LogP contribution in [-0.2, 0) is 0 Å². The highest BCUT2D eigenvalue weighted by molar-refractivity contribution is 6.34. The number of aromatic amines is 2. The summed E-state index contributed by atoms with van der Waals surface area (Å²) in [5, 5.41) is 16.3. The maximum Gasteiger partial charge on any atom is 0.276 e. The fourth-order valence-corrected chi connectivity index (χ4v) is 2.48. The first-order valence-corrected chi connectivity index (χ1v) is 7.18. The number of methoxy groups -OCH3 is 1. The van der Waals surface area contributed by atoms with Crippen molar-refractivity contribution in [2.75, 3.05) is 12.4 Å². The van der Waals surface area contributed by atoms with Gasteiger partial charge >= 0.3 is 0 Å². The number of halogens is 1. The first-order chi connectivity index (χ1) is 11.1. The number of carbonyl (C=O) groups is 1. The highest BCUT2D eigenvalue weighted by Gasteiger charge is 2.20. The van der Waals surface area contributed by atoms with Gasteiger partial charge < -0.3 is 10.1 Å². The molecule has 3 N–H and O–H groups in total. The molecule has 0 spiro atoms. The number of amides is 1. The van der Waals surface area contributed by atoms with Gasteiger partial charge in [-0.1, -0.05) is 29.8 Å². The molecule has 3 aromatic rings. The lowest BCUT2D eigenvalue weighted by Gasteiger charge is -2.10. The first kappa shape index (κ1) is 15.1. The number of hydrogen-bond donors (Lipinski definition) is 3. The molecule has 118 valence electrons. The van der Waals surface area contributed by atoms with E-state index in [1.165, 1.54) is 6.20 Å². The SMILES string of the molecule is COc1ccccc1-c1c(NC(=O)c2[nH]ncc2Cl)n[nH]c1C. The summed E-state index contributed by atoms with van der Waals surface area (Å²) < 4.78 is 5.38. The Bertz CT molecular complexity index is 855. The third kappa shape index (κ3) is 2.78. The minimum Gasteiger partial charge on any atom is -0.496 e. The molecule has 0 atom stereocenters. The topological polar surface area (TPSA) is 95.7 Å². The smallest absolute Gasteiger partial charge is 0.276 e. The van der Waals surface area contributed by atoms with Crippen LogP contribution >= 0.6 is 11.6 Å². The Morgan fingerprint density at radius 3 is 2.78 bits per heavy atom. The standard InChI is InChI=1S/C15H14ClN5O2/c1-8-12(9-5-3-4-6-11(9)23-2)14(21-19-8)18-15(22)13-10(16)7-17-20-13/h3-7H,1-2H3,(H,17,20)(H2,18,19,21,22). The van der Waals surface area contributed by atoms with Crippen LogP contribution in [0.2, 0.25) is 5.02 Å². The predicted octanol–water partition coefficient (Wildman–Crippen LogP) is 3.02. The van der Waals surface area contributed by atoms with Gasteiger partial charge in [0, 0.05) is 11.3 Å². The second kappa shape index (κ2) is 6.13. The van der Waals surface area contributed by atoms with E-state index in [0.717, 1.165) is 16.8 Å². The second-order valence-electron chi connectivity index (χ2n) is 4.82. The quantitative estimate of drug-likeness (QED) is 0.684. The molecule has 0 aliphatic rings. The Balaban J connectivity index is 2.00. The molecule has 2 heterocycles. The van der Waals surface area contributed by atoms with E-state index in [1.54, 1.807) is 7.11 Å². The first-order valence-electron chi connectivity index (χ1n) is 6.80. The molecule has 0 aliphatic heterocycles. The molecule has 0 fully saturated rings. The van der Waals surface area contributed by atoms with Crippen molar-refractivity contribution in [2.24, 2.45) is 0 Å². The summed E-state index contributed by atoms with van der Waals surface area (Å²) in [6, 6.07) is 7.51. The number of hydrogen-bond acceptors (Lipinski definition) is 4. The summed E-state index contributed by atoms with van der Waals surface area (Å²) >= 11 is 5.91. The zero-order valence-corrected chi connectivity index (χ0v) is 13.2. The number of ether oxygens (including phenoxy) is 1.